The molecule has 0 heterocycles. The zero-order valence-electron chi connectivity index (χ0n) is 13.9. The van der Waals surface area contributed by atoms with Crippen LogP contribution in [-0.4, -0.2) is 5.91 Å². The Kier molecular flexibility index (Phi) is 5.58. The lowest BCUT2D eigenvalue weighted by Crippen LogP contribution is -2.37. The second-order valence-corrected chi connectivity index (χ2v) is 7.53. The molecule has 1 aromatic rings. The molecule has 3 atom stereocenters. The molecule has 2 aliphatic carbocycles. The quantitative estimate of drug-likeness (QED) is 0.770. The van der Waals surface area contributed by atoms with Crippen LogP contribution in [0.4, 0.5) is 8.78 Å². The van der Waals surface area contributed by atoms with Gasteiger partial charge in [-0.15, -0.1) is 0 Å². The molecule has 1 amide bonds. The number of nitrogens with one attached hydrogen (secondary N) is 1. The van der Waals surface area contributed by atoms with Crippen LogP contribution in [0.25, 0.3) is 0 Å². The van der Waals surface area contributed by atoms with Gasteiger partial charge in [-0.05, 0) is 50.2 Å². The minimum Gasteiger partial charge on any atom is -0.349 e. The van der Waals surface area contributed by atoms with E-state index in [9.17, 15) is 13.6 Å². The van der Waals surface area contributed by atoms with Crippen molar-refractivity contribution in [1.82, 2.24) is 5.32 Å². The predicted octanol–water partition coefficient (Wildman–Crippen LogP) is 4.91. The molecule has 2 saturated carbocycles. The first-order valence-corrected chi connectivity index (χ1v) is 9.22. The van der Waals surface area contributed by atoms with Crippen molar-refractivity contribution in [3.63, 3.8) is 0 Å². The third-order valence-electron chi connectivity index (χ3n) is 5.55. The van der Waals surface area contributed by atoms with Gasteiger partial charge in [-0.1, -0.05) is 24.4 Å². The smallest absolute Gasteiger partial charge is 0.223 e. The van der Waals surface area contributed by atoms with Gasteiger partial charge >= 0.3 is 0 Å². The van der Waals surface area contributed by atoms with Crippen molar-refractivity contribution < 1.29 is 13.6 Å². The molecule has 2 fully saturated rings. The van der Waals surface area contributed by atoms with Crippen LogP contribution in [-0.2, 0) is 4.79 Å². The summed E-state index contributed by atoms with van der Waals surface area (Å²) in [5, 5.41) is 11.7. The average Bonchev–Trinajstić information content (AvgIpc) is 3.28. The van der Waals surface area contributed by atoms with Crippen LogP contribution in [0.2, 0.25) is 5.02 Å². The summed E-state index contributed by atoms with van der Waals surface area (Å²) >= 11 is 5.85. The fraction of sp³-hybridized carbons (Fsp3) is 0.579. The molecule has 0 aromatic heterocycles. The van der Waals surface area contributed by atoms with Crippen LogP contribution in [0.5, 0.6) is 0 Å². The Morgan fingerprint density at radius 2 is 1.96 bits per heavy atom. The predicted molar refractivity (Wildman–Crippen MR) is 90.7 cm³/mol. The Morgan fingerprint density at radius 1 is 1.24 bits per heavy atom. The average molecular weight is 367 g/mol. The van der Waals surface area contributed by atoms with Gasteiger partial charge in [-0.3, -0.25) is 4.79 Å². The lowest BCUT2D eigenvalue weighted by atomic mass is 9.90. The van der Waals surface area contributed by atoms with Crippen LogP contribution < -0.4 is 5.32 Å². The van der Waals surface area contributed by atoms with Crippen molar-refractivity contribution >= 4 is 17.5 Å². The van der Waals surface area contributed by atoms with Gasteiger partial charge in [0.1, 0.15) is 11.6 Å². The highest BCUT2D eigenvalue weighted by Crippen LogP contribution is 2.40. The number of benzene rings is 1. The van der Waals surface area contributed by atoms with Crippen molar-refractivity contribution in [2.45, 2.75) is 51.0 Å². The van der Waals surface area contributed by atoms with E-state index in [1.54, 1.807) is 0 Å². The summed E-state index contributed by atoms with van der Waals surface area (Å²) < 4.78 is 28.9. The Hall–Kier alpha value is -1.67. The van der Waals surface area contributed by atoms with Crippen molar-refractivity contribution in [2.24, 2.45) is 17.8 Å². The van der Waals surface area contributed by atoms with Gasteiger partial charge in [-0.2, -0.15) is 5.26 Å². The molecular formula is C19H21ClF2N2O. The van der Waals surface area contributed by atoms with E-state index in [1.807, 2.05) is 0 Å². The number of hydrogen-bond acceptors (Lipinski definition) is 2. The molecule has 3 nitrogen and oxygen atoms in total. The first kappa shape index (κ1) is 18.1. The molecule has 1 aromatic carbocycles. The van der Waals surface area contributed by atoms with Gasteiger partial charge < -0.3 is 5.32 Å². The summed E-state index contributed by atoms with van der Waals surface area (Å²) in [7, 11) is 0. The zero-order chi connectivity index (χ0) is 18.0. The van der Waals surface area contributed by atoms with E-state index in [0.29, 0.717) is 19.3 Å². The van der Waals surface area contributed by atoms with Crippen molar-refractivity contribution in [3.05, 3.63) is 34.4 Å². The third-order valence-corrected chi connectivity index (χ3v) is 5.84. The maximum Gasteiger partial charge on any atom is 0.223 e. The number of rotatable bonds is 4. The molecule has 2 aliphatic rings. The Bertz CT molecular complexity index is 697. The van der Waals surface area contributed by atoms with E-state index in [0.717, 1.165) is 31.7 Å². The van der Waals surface area contributed by atoms with Gasteiger partial charge in [0, 0.05) is 17.4 Å². The molecular weight excluding hydrogens is 346 g/mol. The SMILES string of the molecule is N#C[C@@H]1CC[C@H](C(=O)N[C@H](c2c(F)ccc(Cl)c2F)C2CCCC2)C1. The molecule has 0 radical (unpaired) electrons. The normalized spacial score (nSPS) is 24.9. The molecule has 0 saturated heterocycles. The zero-order valence-corrected chi connectivity index (χ0v) is 14.7. The first-order valence-electron chi connectivity index (χ1n) is 8.84. The monoisotopic (exact) mass is 366 g/mol. The topological polar surface area (TPSA) is 52.9 Å². The number of nitrogens with zero attached hydrogens (tertiary/aromatic N) is 1. The lowest BCUT2D eigenvalue weighted by Gasteiger charge is -2.27. The minimum absolute atomic E-state index is 0.000386. The van der Waals surface area contributed by atoms with Crippen LogP contribution in [0.1, 0.15) is 56.6 Å². The largest absolute Gasteiger partial charge is 0.349 e. The number of carbonyl (C=O) groups is 1. The van der Waals surface area contributed by atoms with Gasteiger partial charge in [-0.25, -0.2) is 8.78 Å². The van der Waals surface area contributed by atoms with E-state index < -0.39 is 17.7 Å². The van der Waals surface area contributed by atoms with E-state index in [4.69, 9.17) is 16.9 Å². The molecule has 25 heavy (non-hydrogen) atoms. The van der Waals surface area contributed by atoms with Crippen LogP contribution >= 0.6 is 11.6 Å². The summed E-state index contributed by atoms with van der Waals surface area (Å²) in [6.45, 7) is 0. The number of amides is 1. The molecule has 6 heteroatoms. The van der Waals surface area contributed by atoms with E-state index in [2.05, 4.69) is 11.4 Å². The third kappa shape index (κ3) is 3.79. The summed E-state index contributed by atoms with van der Waals surface area (Å²) in [5.74, 6) is -2.06. The van der Waals surface area contributed by atoms with E-state index >= 15 is 0 Å². The summed E-state index contributed by atoms with van der Waals surface area (Å²) in [6, 6.07) is 3.83. The molecule has 3 rings (SSSR count). The van der Waals surface area contributed by atoms with Crippen molar-refractivity contribution in [1.29, 1.82) is 5.26 Å². The standard InChI is InChI=1S/C19H21ClF2N2O/c20-14-7-8-15(21)16(17(14)22)18(12-3-1-2-4-12)24-19(25)13-6-5-11(9-13)10-23/h7-8,11-13,18H,1-6,9H2,(H,24,25)/t11-,13+,18+/m1/s1. The minimum atomic E-state index is -0.791. The number of hydrogen-bond donors (Lipinski definition) is 1. The molecule has 0 aliphatic heterocycles. The van der Waals surface area contributed by atoms with Crippen LogP contribution in [0.3, 0.4) is 0 Å². The highest BCUT2D eigenvalue weighted by atomic mass is 35.5. The van der Waals surface area contributed by atoms with Crippen LogP contribution in [0, 0.1) is 40.7 Å². The van der Waals surface area contributed by atoms with E-state index in [1.165, 1.54) is 6.07 Å². The second-order valence-electron chi connectivity index (χ2n) is 7.12. The summed E-state index contributed by atoms with van der Waals surface area (Å²) in [5.41, 5.74) is -0.136. The second kappa shape index (κ2) is 7.70. The highest BCUT2D eigenvalue weighted by molar-refractivity contribution is 6.30. The number of halogens is 3. The fourth-order valence-electron chi connectivity index (χ4n) is 4.15. The lowest BCUT2D eigenvalue weighted by molar-refractivity contribution is -0.126. The molecule has 1 N–H and O–H groups in total. The number of nitriles is 1. The van der Waals surface area contributed by atoms with Gasteiger partial charge in [0.15, 0.2) is 0 Å². The van der Waals surface area contributed by atoms with Crippen molar-refractivity contribution in [3.8, 4) is 6.07 Å². The summed E-state index contributed by atoms with van der Waals surface area (Å²) in [6.07, 6.45) is 5.47. The molecule has 134 valence electrons. The maximum absolute atomic E-state index is 14.5. The first-order chi connectivity index (χ1) is 12.0. The number of carbonyl (C=O) groups excluding carboxylic acids is 1. The molecule has 0 unspecified atom stereocenters. The summed E-state index contributed by atoms with van der Waals surface area (Å²) in [4.78, 5) is 12.7. The maximum atomic E-state index is 14.5. The van der Waals surface area contributed by atoms with E-state index in [-0.39, 0.29) is 34.2 Å². The Morgan fingerprint density at radius 3 is 2.60 bits per heavy atom. The van der Waals surface area contributed by atoms with Crippen LogP contribution in [0.15, 0.2) is 12.1 Å². The van der Waals surface area contributed by atoms with Gasteiger partial charge in [0.25, 0.3) is 0 Å². The molecule has 0 bridgehead atoms. The Labute approximate surface area is 151 Å². The van der Waals surface area contributed by atoms with Crippen molar-refractivity contribution in [2.75, 3.05) is 0 Å². The van der Waals surface area contributed by atoms with Gasteiger partial charge in [0.2, 0.25) is 5.91 Å². The van der Waals surface area contributed by atoms with Gasteiger partial charge in [0.05, 0.1) is 17.1 Å². The Balaban J connectivity index is 1.85. The highest BCUT2D eigenvalue weighted by Gasteiger charge is 2.36. The molecule has 0 spiro atoms. The fourth-order valence-corrected chi connectivity index (χ4v) is 4.32.